The van der Waals surface area contributed by atoms with Crippen molar-refractivity contribution in [3.63, 3.8) is 0 Å². The van der Waals surface area contributed by atoms with Crippen LogP contribution in [0.2, 0.25) is 0 Å². The average Bonchev–Trinajstić information content (AvgIpc) is 2.89. The molecule has 2 aromatic heterocycles. The van der Waals surface area contributed by atoms with Crippen molar-refractivity contribution in [3.05, 3.63) is 46.0 Å². The van der Waals surface area contributed by atoms with Gasteiger partial charge in [0, 0.05) is 25.7 Å². The van der Waals surface area contributed by atoms with Crippen LogP contribution >= 0.6 is 11.3 Å². The van der Waals surface area contributed by atoms with E-state index >= 15 is 0 Å². The van der Waals surface area contributed by atoms with Gasteiger partial charge in [-0.15, -0.1) is 0 Å². The number of hydrogen-bond acceptors (Lipinski definition) is 4. The number of rotatable bonds is 6. The Kier molecular flexibility index (Phi) is 4.87. The molecular formula is C14H18FN3S. The van der Waals surface area contributed by atoms with E-state index in [1.54, 1.807) is 17.4 Å². The number of halogens is 1. The van der Waals surface area contributed by atoms with Gasteiger partial charge in [-0.25, -0.2) is 9.37 Å². The standard InChI is InChI=1S/C14H18FN3S/c1-3-16-7-12-6-13(15)8-17-14(12)18(2)9-11-4-5-19-10-11/h4-6,8,10,16H,3,7,9H2,1-2H3. The fourth-order valence-electron chi connectivity index (χ4n) is 1.94. The Morgan fingerprint density at radius 3 is 3.00 bits per heavy atom. The van der Waals surface area contributed by atoms with Crippen LogP contribution in [-0.2, 0) is 13.1 Å². The first-order valence-corrected chi connectivity index (χ1v) is 7.22. The molecule has 0 atom stereocenters. The van der Waals surface area contributed by atoms with Crippen molar-refractivity contribution in [2.24, 2.45) is 0 Å². The minimum absolute atomic E-state index is 0.291. The normalized spacial score (nSPS) is 10.7. The van der Waals surface area contributed by atoms with Crippen molar-refractivity contribution in [1.29, 1.82) is 0 Å². The second-order valence-electron chi connectivity index (χ2n) is 4.40. The van der Waals surface area contributed by atoms with Crippen LogP contribution in [0.5, 0.6) is 0 Å². The van der Waals surface area contributed by atoms with Crippen molar-refractivity contribution in [2.75, 3.05) is 18.5 Å². The lowest BCUT2D eigenvalue weighted by Gasteiger charge is -2.21. The monoisotopic (exact) mass is 279 g/mol. The van der Waals surface area contributed by atoms with Gasteiger partial charge >= 0.3 is 0 Å². The van der Waals surface area contributed by atoms with Gasteiger partial charge in [0.1, 0.15) is 11.6 Å². The van der Waals surface area contributed by atoms with Crippen LogP contribution in [0, 0.1) is 5.82 Å². The Labute approximate surface area is 117 Å². The second-order valence-corrected chi connectivity index (χ2v) is 5.18. The van der Waals surface area contributed by atoms with Crippen LogP contribution < -0.4 is 10.2 Å². The van der Waals surface area contributed by atoms with E-state index in [0.717, 1.165) is 24.5 Å². The van der Waals surface area contributed by atoms with Gasteiger partial charge in [0.05, 0.1) is 6.20 Å². The van der Waals surface area contributed by atoms with E-state index in [1.165, 1.54) is 11.8 Å². The summed E-state index contributed by atoms with van der Waals surface area (Å²) in [4.78, 5) is 6.28. The summed E-state index contributed by atoms with van der Waals surface area (Å²) in [5.74, 6) is 0.536. The number of nitrogens with zero attached hydrogens (tertiary/aromatic N) is 2. The Balaban J connectivity index is 2.17. The SMILES string of the molecule is CCNCc1cc(F)cnc1N(C)Cc1ccsc1. The molecule has 0 saturated carbocycles. The summed E-state index contributed by atoms with van der Waals surface area (Å²) in [7, 11) is 1.98. The number of pyridine rings is 1. The summed E-state index contributed by atoms with van der Waals surface area (Å²) in [5.41, 5.74) is 2.13. The van der Waals surface area contributed by atoms with Crippen LogP contribution in [0.4, 0.5) is 10.2 Å². The zero-order chi connectivity index (χ0) is 13.7. The summed E-state index contributed by atoms with van der Waals surface area (Å²) in [5, 5.41) is 7.39. The molecule has 2 aromatic rings. The molecule has 0 amide bonds. The van der Waals surface area contributed by atoms with Crippen LogP contribution in [0.15, 0.2) is 29.1 Å². The van der Waals surface area contributed by atoms with Crippen LogP contribution in [-0.4, -0.2) is 18.6 Å². The highest BCUT2D eigenvalue weighted by Gasteiger charge is 2.11. The maximum atomic E-state index is 13.3. The molecule has 0 aliphatic rings. The zero-order valence-electron chi connectivity index (χ0n) is 11.2. The van der Waals surface area contributed by atoms with Gasteiger partial charge < -0.3 is 10.2 Å². The van der Waals surface area contributed by atoms with Gasteiger partial charge in [0.2, 0.25) is 0 Å². The van der Waals surface area contributed by atoms with Crippen molar-refractivity contribution < 1.29 is 4.39 Å². The summed E-state index contributed by atoms with van der Waals surface area (Å²) < 4.78 is 13.3. The fourth-order valence-corrected chi connectivity index (χ4v) is 2.60. The molecule has 0 bridgehead atoms. The predicted molar refractivity (Wildman–Crippen MR) is 78.0 cm³/mol. The molecule has 0 radical (unpaired) electrons. The number of hydrogen-bond donors (Lipinski definition) is 1. The molecular weight excluding hydrogens is 261 g/mol. The van der Waals surface area contributed by atoms with E-state index < -0.39 is 0 Å². The quantitative estimate of drug-likeness (QED) is 0.881. The predicted octanol–water partition coefficient (Wildman–Crippen LogP) is 3.03. The van der Waals surface area contributed by atoms with E-state index in [9.17, 15) is 4.39 Å². The number of nitrogens with one attached hydrogen (secondary N) is 1. The third kappa shape index (κ3) is 3.75. The van der Waals surface area contributed by atoms with E-state index in [1.807, 2.05) is 18.9 Å². The van der Waals surface area contributed by atoms with Gasteiger partial charge in [-0.3, -0.25) is 0 Å². The van der Waals surface area contributed by atoms with Crippen molar-refractivity contribution in [2.45, 2.75) is 20.0 Å². The Morgan fingerprint density at radius 1 is 1.47 bits per heavy atom. The van der Waals surface area contributed by atoms with Crippen molar-refractivity contribution in [1.82, 2.24) is 10.3 Å². The van der Waals surface area contributed by atoms with Gasteiger partial charge in [-0.05, 0) is 35.0 Å². The maximum absolute atomic E-state index is 13.3. The minimum Gasteiger partial charge on any atom is -0.355 e. The molecule has 0 aliphatic heterocycles. The van der Waals surface area contributed by atoms with Gasteiger partial charge in [0.25, 0.3) is 0 Å². The van der Waals surface area contributed by atoms with E-state index in [2.05, 4.69) is 27.1 Å². The lowest BCUT2D eigenvalue weighted by Crippen LogP contribution is -2.22. The zero-order valence-corrected chi connectivity index (χ0v) is 12.0. The van der Waals surface area contributed by atoms with Crippen LogP contribution in [0.1, 0.15) is 18.1 Å². The number of anilines is 1. The van der Waals surface area contributed by atoms with Gasteiger partial charge in [-0.2, -0.15) is 11.3 Å². The van der Waals surface area contributed by atoms with E-state index in [0.29, 0.717) is 6.54 Å². The van der Waals surface area contributed by atoms with E-state index in [4.69, 9.17) is 0 Å². The molecule has 2 heterocycles. The lowest BCUT2D eigenvalue weighted by molar-refractivity contribution is 0.613. The fraction of sp³-hybridized carbons (Fsp3) is 0.357. The van der Waals surface area contributed by atoms with Crippen molar-refractivity contribution in [3.8, 4) is 0 Å². The van der Waals surface area contributed by atoms with E-state index in [-0.39, 0.29) is 5.82 Å². The van der Waals surface area contributed by atoms with Crippen LogP contribution in [0.3, 0.4) is 0 Å². The lowest BCUT2D eigenvalue weighted by atomic mass is 10.2. The highest BCUT2D eigenvalue weighted by Crippen LogP contribution is 2.20. The molecule has 0 fully saturated rings. The molecule has 1 N–H and O–H groups in total. The second kappa shape index (κ2) is 6.63. The topological polar surface area (TPSA) is 28.2 Å². The first kappa shape index (κ1) is 14.0. The Bertz CT molecular complexity index is 513. The maximum Gasteiger partial charge on any atom is 0.141 e. The number of aromatic nitrogens is 1. The molecule has 0 aliphatic carbocycles. The van der Waals surface area contributed by atoms with Crippen molar-refractivity contribution >= 4 is 17.2 Å². The summed E-state index contributed by atoms with van der Waals surface area (Å²) in [6.45, 7) is 4.29. The van der Waals surface area contributed by atoms with Crippen LogP contribution in [0.25, 0.3) is 0 Å². The summed E-state index contributed by atoms with van der Waals surface area (Å²) in [6.07, 6.45) is 1.27. The van der Waals surface area contributed by atoms with Gasteiger partial charge in [0.15, 0.2) is 0 Å². The molecule has 2 rings (SSSR count). The Hall–Kier alpha value is -1.46. The Morgan fingerprint density at radius 2 is 2.32 bits per heavy atom. The smallest absolute Gasteiger partial charge is 0.141 e. The highest BCUT2D eigenvalue weighted by atomic mass is 32.1. The minimum atomic E-state index is -0.291. The average molecular weight is 279 g/mol. The largest absolute Gasteiger partial charge is 0.355 e. The molecule has 0 aromatic carbocycles. The third-order valence-electron chi connectivity index (χ3n) is 2.84. The molecule has 19 heavy (non-hydrogen) atoms. The summed E-state index contributed by atoms with van der Waals surface area (Å²) in [6, 6.07) is 3.64. The molecule has 5 heteroatoms. The summed E-state index contributed by atoms with van der Waals surface area (Å²) >= 11 is 1.68. The highest BCUT2D eigenvalue weighted by molar-refractivity contribution is 7.07. The first-order chi connectivity index (χ1) is 9.20. The van der Waals surface area contributed by atoms with Gasteiger partial charge in [-0.1, -0.05) is 6.92 Å². The third-order valence-corrected chi connectivity index (χ3v) is 3.57. The molecule has 0 unspecified atom stereocenters. The number of thiophene rings is 1. The molecule has 102 valence electrons. The molecule has 0 spiro atoms. The first-order valence-electron chi connectivity index (χ1n) is 6.28. The molecule has 0 saturated heterocycles. The molecule has 3 nitrogen and oxygen atoms in total.